The van der Waals surface area contributed by atoms with Crippen LogP contribution in [0.15, 0.2) is 18.2 Å². The number of hydrogen-bond donors (Lipinski definition) is 1. The van der Waals surface area contributed by atoms with E-state index in [-0.39, 0.29) is 23.2 Å². The van der Waals surface area contributed by atoms with Gasteiger partial charge in [-0.15, -0.1) is 0 Å². The third kappa shape index (κ3) is 1.95. The smallest absolute Gasteiger partial charge is 0.274 e. The van der Waals surface area contributed by atoms with Gasteiger partial charge in [-0.05, 0) is 12.5 Å². The molecule has 0 amide bonds. The molecule has 3 rings (SSSR count). The van der Waals surface area contributed by atoms with Gasteiger partial charge in [-0.25, -0.2) is 4.39 Å². The number of nitrogens with one attached hydrogen (secondary N) is 1. The van der Waals surface area contributed by atoms with Crippen LogP contribution in [0.1, 0.15) is 20.3 Å². The van der Waals surface area contributed by atoms with Crippen molar-refractivity contribution < 1.29 is 14.1 Å². The van der Waals surface area contributed by atoms with E-state index in [0.717, 1.165) is 19.1 Å². The summed E-state index contributed by atoms with van der Waals surface area (Å²) in [5, 5.41) is 14.0. The molecular formula is C14H17FN2O3. The molecule has 0 bridgehead atoms. The van der Waals surface area contributed by atoms with Crippen LogP contribution in [0.3, 0.4) is 0 Å². The molecule has 0 spiro atoms. The Labute approximate surface area is 116 Å². The molecule has 1 saturated carbocycles. The fraction of sp³-hybridized carbons (Fsp3) is 0.571. The third-order valence-electron chi connectivity index (χ3n) is 4.52. The lowest BCUT2D eigenvalue weighted by molar-refractivity contribution is -0.385. The average Bonchev–Trinajstić information content (AvgIpc) is 2.82. The molecule has 0 radical (unpaired) electrons. The highest BCUT2D eigenvalue weighted by atomic mass is 19.1. The van der Waals surface area contributed by atoms with E-state index in [2.05, 4.69) is 19.2 Å². The quantitative estimate of drug-likeness (QED) is 0.683. The van der Waals surface area contributed by atoms with Crippen LogP contribution in [0.5, 0.6) is 0 Å². The highest BCUT2D eigenvalue weighted by Gasteiger charge is 2.59. The van der Waals surface area contributed by atoms with Crippen molar-refractivity contribution in [3.05, 3.63) is 34.1 Å². The van der Waals surface area contributed by atoms with Gasteiger partial charge in [0.05, 0.1) is 17.1 Å². The predicted molar refractivity (Wildman–Crippen MR) is 72.1 cm³/mol. The van der Waals surface area contributed by atoms with Crippen molar-refractivity contribution in [2.75, 3.05) is 11.9 Å². The number of ether oxygens (including phenoxy) is 1. The molecule has 20 heavy (non-hydrogen) atoms. The second kappa shape index (κ2) is 4.41. The maximum atomic E-state index is 13.5. The van der Waals surface area contributed by atoms with Crippen molar-refractivity contribution in [3.8, 4) is 0 Å². The standard InChI is InChI=1S/C14H17FN2O3/c1-14(2)12(11-3-4-20-13(11)14)16-9-5-8(15)6-10(7-9)17(18)19/h5-7,11-13,16H,3-4H2,1-2H3. The summed E-state index contributed by atoms with van der Waals surface area (Å²) in [5.41, 5.74) is 0.173. The number of nitrogens with zero attached hydrogens (tertiary/aromatic N) is 1. The van der Waals surface area contributed by atoms with E-state index < -0.39 is 10.7 Å². The first kappa shape index (κ1) is 13.3. The van der Waals surface area contributed by atoms with Crippen molar-refractivity contribution >= 4 is 11.4 Å². The number of nitro benzene ring substituents is 1. The van der Waals surface area contributed by atoms with Gasteiger partial charge in [0, 0.05) is 35.7 Å². The van der Waals surface area contributed by atoms with Crippen molar-refractivity contribution in [2.24, 2.45) is 11.3 Å². The van der Waals surface area contributed by atoms with E-state index >= 15 is 0 Å². The fourth-order valence-electron chi connectivity index (χ4n) is 3.56. The SMILES string of the molecule is CC1(C)C(Nc2cc(F)cc([N+](=O)[O-])c2)C2CCOC21. The first-order valence-electron chi connectivity index (χ1n) is 6.73. The monoisotopic (exact) mass is 280 g/mol. The Kier molecular flexibility index (Phi) is 2.93. The van der Waals surface area contributed by atoms with Crippen molar-refractivity contribution in [2.45, 2.75) is 32.4 Å². The molecular weight excluding hydrogens is 263 g/mol. The lowest BCUT2D eigenvalue weighted by Crippen LogP contribution is -2.63. The van der Waals surface area contributed by atoms with Crippen LogP contribution in [-0.4, -0.2) is 23.7 Å². The van der Waals surface area contributed by atoms with E-state index in [4.69, 9.17) is 4.74 Å². The Morgan fingerprint density at radius 3 is 2.90 bits per heavy atom. The molecule has 1 aliphatic carbocycles. The number of rotatable bonds is 3. The first-order chi connectivity index (χ1) is 9.39. The molecule has 1 aliphatic heterocycles. The molecule has 1 heterocycles. The summed E-state index contributed by atoms with van der Waals surface area (Å²) in [7, 11) is 0. The van der Waals surface area contributed by atoms with Crippen LogP contribution in [0.25, 0.3) is 0 Å². The molecule has 3 atom stereocenters. The minimum absolute atomic E-state index is 0.0533. The fourth-order valence-corrected chi connectivity index (χ4v) is 3.56. The molecule has 2 fully saturated rings. The summed E-state index contributed by atoms with van der Waals surface area (Å²) in [6, 6.07) is 3.75. The summed E-state index contributed by atoms with van der Waals surface area (Å²) in [6.07, 6.45) is 1.20. The molecule has 1 aromatic rings. The van der Waals surface area contributed by atoms with Gasteiger partial charge in [0.25, 0.3) is 5.69 Å². The molecule has 1 saturated heterocycles. The van der Waals surface area contributed by atoms with Gasteiger partial charge >= 0.3 is 0 Å². The Morgan fingerprint density at radius 2 is 2.20 bits per heavy atom. The highest BCUT2D eigenvalue weighted by molar-refractivity contribution is 5.53. The molecule has 3 unspecified atom stereocenters. The van der Waals surface area contributed by atoms with Gasteiger partial charge in [-0.3, -0.25) is 10.1 Å². The van der Waals surface area contributed by atoms with Crippen molar-refractivity contribution in [1.82, 2.24) is 0 Å². The van der Waals surface area contributed by atoms with Crippen LogP contribution in [0, 0.1) is 27.3 Å². The maximum absolute atomic E-state index is 13.5. The van der Waals surface area contributed by atoms with Crippen LogP contribution in [0.2, 0.25) is 0 Å². The summed E-state index contributed by atoms with van der Waals surface area (Å²) < 4.78 is 19.2. The molecule has 1 N–H and O–H groups in total. The van der Waals surface area contributed by atoms with Gasteiger partial charge < -0.3 is 10.1 Å². The third-order valence-corrected chi connectivity index (χ3v) is 4.52. The maximum Gasteiger partial charge on any atom is 0.274 e. The number of non-ortho nitro benzene ring substituents is 1. The zero-order valence-corrected chi connectivity index (χ0v) is 11.4. The second-order valence-corrected chi connectivity index (χ2v) is 6.14. The summed E-state index contributed by atoms with van der Waals surface area (Å²) in [5.74, 6) is -0.203. The summed E-state index contributed by atoms with van der Waals surface area (Å²) in [6.45, 7) is 4.95. The van der Waals surface area contributed by atoms with Crippen LogP contribution < -0.4 is 5.32 Å². The lowest BCUT2D eigenvalue weighted by atomic mass is 9.57. The Bertz CT molecular complexity index is 561. The Morgan fingerprint density at radius 1 is 1.45 bits per heavy atom. The summed E-state index contributed by atoms with van der Waals surface area (Å²) in [4.78, 5) is 10.2. The number of halogens is 1. The van der Waals surface area contributed by atoms with Crippen molar-refractivity contribution in [1.29, 1.82) is 0 Å². The minimum Gasteiger partial charge on any atom is -0.381 e. The van der Waals surface area contributed by atoms with E-state index in [1.54, 1.807) is 0 Å². The lowest BCUT2D eigenvalue weighted by Gasteiger charge is -2.55. The largest absolute Gasteiger partial charge is 0.381 e. The average molecular weight is 280 g/mol. The number of hydrogen-bond acceptors (Lipinski definition) is 4. The van der Waals surface area contributed by atoms with Gasteiger partial charge in [0.2, 0.25) is 0 Å². The zero-order chi connectivity index (χ0) is 14.5. The topological polar surface area (TPSA) is 64.4 Å². The molecule has 2 aliphatic rings. The van der Waals surface area contributed by atoms with Gasteiger partial charge in [0.15, 0.2) is 0 Å². The molecule has 0 aromatic heterocycles. The van der Waals surface area contributed by atoms with E-state index in [1.165, 1.54) is 12.1 Å². The normalized spacial score (nSPS) is 30.4. The number of fused-ring (bicyclic) bond motifs is 1. The number of benzene rings is 1. The summed E-state index contributed by atoms with van der Waals surface area (Å²) >= 11 is 0. The number of nitro groups is 1. The van der Waals surface area contributed by atoms with Crippen molar-refractivity contribution in [3.63, 3.8) is 0 Å². The molecule has 108 valence electrons. The predicted octanol–water partition coefficient (Wildman–Crippen LogP) is 2.96. The van der Waals surface area contributed by atoms with E-state index in [1.807, 2.05) is 0 Å². The zero-order valence-electron chi connectivity index (χ0n) is 11.4. The first-order valence-corrected chi connectivity index (χ1v) is 6.73. The number of anilines is 1. The van der Waals surface area contributed by atoms with Crippen LogP contribution >= 0.6 is 0 Å². The molecule has 6 heteroatoms. The van der Waals surface area contributed by atoms with E-state index in [9.17, 15) is 14.5 Å². The Hall–Kier alpha value is -1.69. The van der Waals surface area contributed by atoms with Gasteiger partial charge in [-0.1, -0.05) is 13.8 Å². The minimum atomic E-state index is -0.599. The Balaban J connectivity index is 1.83. The molecule has 5 nitrogen and oxygen atoms in total. The van der Waals surface area contributed by atoms with E-state index in [0.29, 0.717) is 11.6 Å². The highest BCUT2D eigenvalue weighted by Crippen LogP contribution is 2.53. The molecule has 1 aromatic carbocycles. The van der Waals surface area contributed by atoms with Crippen LogP contribution in [0.4, 0.5) is 15.8 Å². The van der Waals surface area contributed by atoms with Crippen LogP contribution in [-0.2, 0) is 4.74 Å². The second-order valence-electron chi connectivity index (χ2n) is 6.14. The van der Waals surface area contributed by atoms with Gasteiger partial charge in [0.1, 0.15) is 5.82 Å². The van der Waals surface area contributed by atoms with Gasteiger partial charge in [-0.2, -0.15) is 0 Å².